The predicted molar refractivity (Wildman–Crippen MR) is 56.5 cm³/mol. The molecule has 0 saturated carbocycles. The number of hydrogen-bond acceptors (Lipinski definition) is 6. The zero-order valence-corrected chi connectivity index (χ0v) is 9.26. The summed E-state index contributed by atoms with van der Waals surface area (Å²) >= 11 is 0. The lowest BCUT2D eigenvalue weighted by Gasteiger charge is -2.20. The Hall–Kier alpha value is -0.110. The van der Waals surface area contributed by atoms with Gasteiger partial charge in [-0.2, -0.15) is 0 Å². The maximum absolute atomic E-state index is 5.29. The molecule has 0 amide bonds. The molecule has 2 aliphatic heterocycles. The van der Waals surface area contributed by atoms with Crippen LogP contribution in [0.2, 0.25) is 0 Å². The van der Waals surface area contributed by atoms with Crippen LogP contribution in [0.3, 0.4) is 0 Å². The van der Waals surface area contributed by atoms with Gasteiger partial charge in [0.05, 0.1) is 13.2 Å². The van der Waals surface area contributed by atoms with Gasteiger partial charge in [0.2, 0.25) is 0 Å². The van der Waals surface area contributed by atoms with Crippen molar-refractivity contribution >= 4 is 14.6 Å². The molecule has 0 aromatic carbocycles. The van der Waals surface area contributed by atoms with Gasteiger partial charge in [-0.1, -0.05) is 0 Å². The Bertz CT molecular complexity index is 163. The monoisotopic (exact) mass is 230 g/mol. The molecule has 8 heteroatoms. The van der Waals surface area contributed by atoms with E-state index in [2.05, 4.69) is 0 Å². The van der Waals surface area contributed by atoms with E-state index in [0.29, 0.717) is 39.6 Å². The molecule has 0 unspecified atom stereocenters. The van der Waals surface area contributed by atoms with Crippen molar-refractivity contribution in [3.05, 3.63) is 0 Å². The third kappa shape index (κ3) is 4.40. The molecule has 0 aromatic rings. The van der Waals surface area contributed by atoms with Gasteiger partial charge in [-0.15, -0.1) is 0 Å². The average molecular weight is 230 g/mol. The molecule has 0 spiro atoms. The summed E-state index contributed by atoms with van der Waals surface area (Å²) in [5, 5.41) is 0. The molecule has 2 saturated heterocycles. The second-order valence-corrected chi connectivity index (χ2v) is 3.51. The highest BCUT2D eigenvalue weighted by Crippen LogP contribution is 2.04. The second kappa shape index (κ2) is 7.26. The Morgan fingerprint density at radius 1 is 0.688 bits per heavy atom. The molecule has 0 atom stereocenters. The van der Waals surface area contributed by atoms with E-state index < -0.39 is 14.6 Å². The average Bonchev–Trinajstić information content (AvgIpc) is 2.37. The molecule has 6 nitrogen and oxygen atoms in total. The quantitative estimate of drug-likeness (QED) is 0.484. The van der Waals surface area contributed by atoms with Crippen molar-refractivity contribution in [2.75, 3.05) is 39.6 Å². The topological polar surface area (TPSA) is 55.4 Å². The Morgan fingerprint density at radius 3 is 1.44 bits per heavy atom. The molecular formula is C8H16B2O6. The summed E-state index contributed by atoms with van der Waals surface area (Å²) in [7, 11) is -1.10. The molecule has 90 valence electrons. The molecule has 2 heterocycles. The summed E-state index contributed by atoms with van der Waals surface area (Å²) in [5.74, 6) is 0. The fourth-order valence-electron chi connectivity index (χ4n) is 1.41. The van der Waals surface area contributed by atoms with Gasteiger partial charge >= 0.3 is 14.6 Å². The Morgan fingerprint density at radius 2 is 1.06 bits per heavy atom. The van der Waals surface area contributed by atoms with Gasteiger partial charge in [0.25, 0.3) is 0 Å². The van der Waals surface area contributed by atoms with Gasteiger partial charge in [0, 0.05) is 26.4 Å². The molecule has 0 radical (unpaired) electrons. The fourth-order valence-corrected chi connectivity index (χ4v) is 1.41. The third-order valence-corrected chi connectivity index (χ3v) is 2.18. The van der Waals surface area contributed by atoms with Crippen LogP contribution in [-0.4, -0.2) is 54.3 Å². The highest BCUT2D eigenvalue weighted by atomic mass is 16.8. The van der Waals surface area contributed by atoms with Gasteiger partial charge in [0.15, 0.2) is 0 Å². The van der Waals surface area contributed by atoms with Gasteiger partial charge in [-0.25, -0.2) is 0 Å². The van der Waals surface area contributed by atoms with Crippen LogP contribution in [-0.2, 0) is 27.9 Å². The van der Waals surface area contributed by atoms with E-state index in [1.54, 1.807) is 0 Å². The summed E-state index contributed by atoms with van der Waals surface area (Å²) in [4.78, 5) is 0. The summed E-state index contributed by atoms with van der Waals surface area (Å²) in [5.41, 5.74) is 0. The number of hydrogen-bond donors (Lipinski definition) is 0. The van der Waals surface area contributed by atoms with Crippen LogP contribution in [0.1, 0.15) is 12.8 Å². The first kappa shape index (κ1) is 12.3. The Balaban J connectivity index is 1.47. The number of rotatable bonds is 5. The highest BCUT2D eigenvalue weighted by Gasteiger charge is 2.26. The van der Waals surface area contributed by atoms with Crippen molar-refractivity contribution in [1.82, 2.24) is 0 Å². The van der Waals surface area contributed by atoms with Crippen LogP contribution in [0.15, 0.2) is 0 Å². The summed E-state index contributed by atoms with van der Waals surface area (Å²) in [6.45, 7) is 3.52. The molecule has 0 bridgehead atoms. The maximum Gasteiger partial charge on any atom is 0.639 e. The normalized spacial score (nSPS) is 22.5. The zero-order chi connectivity index (χ0) is 11.1. The van der Waals surface area contributed by atoms with Gasteiger partial charge in [-0.05, 0) is 12.8 Å². The lowest BCUT2D eigenvalue weighted by Crippen LogP contribution is -2.36. The molecule has 0 aliphatic carbocycles. The van der Waals surface area contributed by atoms with Crippen LogP contribution < -0.4 is 0 Å². The second-order valence-electron chi connectivity index (χ2n) is 3.51. The van der Waals surface area contributed by atoms with Crippen LogP contribution >= 0.6 is 0 Å². The standard InChI is InChI=1S/C8H16B2O6/c1-3-11-9(12-4-1)15-7-8-16-10-13-5-2-6-14-10/h1-8H2. The van der Waals surface area contributed by atoms with Crippen molar-refractivity contribution in [3.8, 4) is 0 Å². The minimum atomic E-state index is -0.550. The van der Waals surface area contributed by atoms with Crippen LogP contribution in [0.4, 0.5) is 0 Å². The molecule has 2 rings (SSSR count). The van der Waals surface area contributed by atoms with E-state index in [1.807, 2.05) is 0 Å². The predicted octanol–water partition coefficient (Wildman–Crippen LogP) is -0.137. The van der Waals surface area contributed by atoms with E-state index in [-0.39, 0.29) is 0 Å². The third-order valence-electron chi connectivity index (χ3n) is 2.18. The van der Waals surface area contributed by atoms with Gasteiger partial charge < -0.3 is 27.9 Å². The smallest absolute Gasteiger partial charge is 0.386 e. The first-order chi connectivity index (χ1) is 7.95. The van der Waals surface area contributed by atoms with Gasteiger partial charge in [0.1, 0.15) is 0 Å². The SMILES string of the molecule is C1COB(OCCOB2OCCCO2)OC1. The van der Waals surface area contributed by atoms with E-state index in [9.17, 15) is 0 Å². The van der Waals surface area contributed by atoms with E-state index in [1.165, 1.54) is 0 Å². The van der Waals surface area contributed by atoms with Crippen molar-refractivity contribution in [1.29, 1.82) is 0 Å². The molecular weight excluding hydrogens is 214 g/mol. The maximum atomic E-state index is 5.29. The minimum Gasteiger partial charge on any atom is -0.386 e. The first-order valence-corrected chi connectivity index (χ1v) is 5.65. The first-order valence-electron chi connectivity index (χ1n) is 5.65. The van der Waals surface area contributed by atoms with E-state index >= 15 is 0 Å². The molecule has 2 aliphatic rings. The molecule has 0 aromatic heterocycles. The molecule has 0 N–H and O–H groups in total. The minimum absolute atomic E-state index is 0.397. The lowest BCUT2D eigenvalue weighted by atomic mass is 10.2. The fraction of sp³-hybridized carbons (Fsp3) is 1.00. The zero-order valence-electron chi connectivity index (χ0n) is 9.26. The van der Waals surface area contributed by atoms with Crippen LogP contribution in [0, 0.1) is 0 Å². The summed E-state index contributed by atoms with van der Waals surface area (Å²) in [6, 6.07) is 0. The van der Waals surface area contributed by atoms with Crippen LogP contribution in [0.5, 0.6) is 0 Å². The van der Waals surface area contributed by atoms with Crippen LogP contribution in [0.25, 0.3) is 0 Å². The lowest BCUT2D eigenvalue weighted by molar-refractivity contribution is 0.0222. The van der Waals surface area contributed by atoms with Gasteiger partial charge in [-0.3, -0.25) is 0 Å². The molecule has 2 fully saturated rings. The van der Waals surface area contributed by atoms with Crippen molar-refractivity contribution in [2.45, 2.75) is 12.8 Å². The Labute approximate surface area is 95.8 Å². The van der Waals surface area contributed by atoms with Crippen molar-refractivity contribution in [2.24, 2.45) is 0 Å². The van der Waals surface area contributed by atoms with Crippen molar-refractivity contribution < 1.29 is 27.9 Å². The van der Waals surface area contributed by atoms with E-state index in [4.69, 9.17) is 27.9 Å². The molecule has 16 heavy (non-hydrogen) atoms. The van der Waals surface area contributed by atoms with E-state index in [0.717, 1.165) is 12.8 Å². The largest absolute Gasteiger partial charge is 0.639 e. The Kier molecular flexibility index (Phi) is 5.60. The van der Waals surface area contributed by atoms with Crippen molar-refractivity contribution in [3.63, 3.8) is 0 Å². The summed E-state index contributed by atoms with van der Waals surface area (Å²) in [6.07, 6.45) is 1.83. The summed E-state index contributed by atoms with van der Waals surface area (Å²) < 4.78 is 31.4. The highest BCUT2D eigenvalue weighted by molar-refractivity contribution is 6.37.